The monoisotopic (exact) mass is 1100 g/mol. The number of rotatable bonds is 6. The summed E-state index contributed by atoms with van der Waals surface area (Å²) in [5.74, 6) is 0.930. The Morgan fingerprint density at radius 1 is 0.471 bits per heavy atom. The fraction of sp³-hybridized carbons (Fsp3) is 0.250. The van der Waals surface area contributed by atoms with Crippen molar-refractivity contribution in [3.05, 3.63) is 186 Å². The van der Waals surface area contributed by atoms with E-state index >= 15 is 0 Å². The molecule has 5 nitrogen and oxygen atoms in total. The van der Waals surface area contributed by atoms with E-state index in [4.69, 9.17) is 9.97 Å². The van der Waals surface area contributed by atoms with Gasteiger partial charge in [-0.3, -0.25) is 9.55 Å². The van der Waals surface area contributed by atoms with E-state index < -0.39 is 0 Å². The van der Waals surface area contributed by atoms with E-state index in [1.54, 1.807) is 0 Å². The van der Waals surface area contributed by atoms with Crippen molar-refractivity contribution in [1.82, 2.24) is 19.1 Å². The first-order valence-corrected chi connectivity index (χ1v) is 24.3. The predicted octanol–water partition coefficient (Wildman–Crippen LogP) is 16.9. The summed E-state index contributed by atoms with van der Waals surface area (Å²) in [5.41, 5.74) is 16.2. The molecule has 70 heavy (non-hydrogen) atoms. The molecular weight excluding hydrogens is 1040 g/mol. The van der Waals surface area contributed by atoms with Gasteiger partial charge < -0.3 is 9.67 Å². The summed E-state index contributed by atoms with van der Waals surface area (Å²) in [6.07, 6.45) is 2.03. The van der Waals surface area contributed by atoms with Crippen molar-refractivity contribution >= 4 is 32.8 Å². The van der Waals surface area contributed by atoms with E-state index in [0.717, 1.165) is 83.5 Å². The topological polar surface area (TPSA) is 55.9 Å². The molecule has 10 aromatic rings. The van der Waals surface area contributed by atoms with Crippen LogP contribution in [0.5, 0.6) is 5.75 Å². The van der Waals surface area contributed by atoms with E-state index in [1.165, 1.54) is 16.5 Å². The molecule has 0 unspecified atom stereocenters. The molecule has 0 saturated carbocycles. The third-order valence-electron chi connectivity index (χ3n) is 13.8. The number of para-hydroxylation sites is 3. The number of fused-ring (bicyclic) bond motifs is 4. The van der Waals surface area contributed by atoms with Crippen molar-refractivity contribution in [2.45, 2.75) is 105 Å². The van der Waals surface area contributed by atoms with Crippen molar-refractivity contribution in [3.63, 3.8) is 0 Å². The van der Waals surface area contributed by atoms with Crippen LogP contribution >= 0.6 is 0 Å². The van der Waals surface area contributed by atoms with Crippen LogP contribution in [0.15, 0.2) is 158 Å². The quantitative estimate of drug-likeness (QED) is 0.169. The van der Waals surface area contributed by atoms with Crippen molar-refractivity contribution < 1.29 is 26.2 Å². The minimum Gasteiger partial charge on any atom is -0.507 e. The number of aromatic hydroxyl groups is 1. The standard InChI is InChI=1S/C64H63N4O.Pt/c1-61(2,3)43-30-31-55(49(35-43)40-22-15-13-16-23-40)68-56-29-21-27-47(58(56)66-60(68)50-36-45(63(7,8)9)37-52(59(50)69)64(10,11)12)41-32-42(34-44(33-41)62(4,5)6)53-38-57-51(39-65-53)48-26-19-20-28-54(48)67(57)46-24-17-14-18-25-46;/h13-31,33-39,69H,1-12H3;/q-1;. The Bertz CT molecular complexity index is 3590. The Morgan fingerprint density at radius 3 is 1.74 bits per heavy atom. The summed E-state index contributed by atoms with van der Waals surface area (Å²) in [6, 6.07) is 58.1. The minimum atomic E-state index is -0.336. The molecule has 0 aliphatic rings. The summed E-state index contributed by atoms with van der Waals surface area (Å²) >= 11 is 0. The molecule has 6 heteroatoms. The number of imidazole rings is 1. The molecule has 3 heterocycles. The summed E-state index contributed by atoms with van der Waals surface area (Å²) in [7, 11) is 0. The first kappa shape index (κ1) is 48.5. The number of hydrogen-bond acceptors (Lipinski definition) is 3. The Hall–Kier alpha value is -6.55. The molecule has 0 aliphatic heterocycles. The molecule has 1 N–H and O–H groups in total. The summed E-state index contributed by atoms with van der Waals surface area (Å²) in [6.45, 7) is 26.8. The molecular formula is C64H63N4OPt-. The Morgan fingerprint density at radius 2 is 1.07 bits per heavy atom. The Balaban J connectivity index is 0.00000608. The van der Waals surface area contributed by atoms with Gasteiger partial charge in [0.05, 0.1) is 33.3 Å². The molecule has 0 bridgehead atoms. The van der Waals surface area contributed by atoms with Crippen molar-refractivity contribution in [2.24, 2.45) is 0 Å². The van der Waals surface area contributed by atoms with Gasteiger partial charge in [0, 0.05) is 60.5 Å². The van der Waals surface area contributed by atoms with Crippen LogP contribution in [0, 0.1) is 6.07 Å². The molecule has 0 aliphatic carbocycles. The van der Waals surface area contributed by atoms with Crippen LogP contribution in [0.2, 0.25) is 0 Å². The van der Waals surface area contributed by atoms with Crippen LogP contribution in [-0.4, -0.2) is 24.2 Å². The zero-order valence-electron chi connectivity index (χ0n) is 42.6. The van der Waals surface area contributed by atoms with Crippen LogP contribution in [0.3, 0.4) is 0 Å². The molecule has 0 spiro atoms. The Labute approximate surface area is 428 Å². The molecule has 10 rings (SSSR count). The van der Waals surface area contributed by atoms with Crippen LogP contribution < -0.4 is 0 Å². The largest absolute Gasteiger partial charge is 0.507 e. The number of pyridine rings is 1. The van der Waals surface area contributed by atoms with E-state index in [1.807, 2.05) is 6.20 Å². The van der Waals surface area contributed by atoms with Gasteiger partial charge in [0.1, 0.15) is 11.6 Å². The SMILES string of the molecule is CC(C)(C)c1cc(-c2cc3c(cn2)c2ccccc2n3-c2ccccc2)[c-]c(-c2cccc3c2nc(-c2cc(C(C)(C)C)cc(C(C)(C)C)c2O)n3-c2ccc(C(C)(C)C)cc2-c2ccccc2)c1.[Pt]. The van der Waals surface area contributed by atoms with E-state index in [-0.39, 0.29) is 48.5 Å². The van der Waals surface area contributed by atoms with Crippen molar-refractivity contribution in [3.8, 4) is 62.0 Å². The third kappa shape index (κ3) is 8.72. The van der Waals surface area contributed by atoms with Crippen LogP contribution in [0.25, 0.3) is 89.1 Å². The average molecular weight is 1100 g/mol. The maximum absolute atomic E-state index is 12.6. The fourth-order valence-electron chi connectivity index (χ4n) is 9.75. The molecule has 356 valence electrons. The van der Waals surface area contributed by atoms with E-state index in [9.17, 15) is 5.11 Å². The minimum absolute atomic E-state index is 0. The average Bonchev–Trinajstić information content (AvgIpc) is 3.86. The van der Waals surface area contributed by atoms with Crippen LogP contribution in [-0.2, 0) is 42.7 Å². The van der Waals surface area contributed by atoms with Gasteiger partial charge in [-0.1, -0.05) is 185 Å². The summed E-state index contributed by atoms with van der Waals surface area (Å²) < 4.78 is 4.63. The van der Waals surface area contributed by atoms with Crippen LogP contribution in [0.1, 0.15) is 105 Å². The van der Waals surface area contributed by atoms with Gasteiger partial charge in [-0.05, 0) is 86.9 Å². The second-order valence-electron chi connectivity index (χ2n) is 22.9. The number of phenols is 1. The van der Waals surface area contributed by atoms with Gasteiger partial charge in [-0.25, -0.2) is 4.98 Å². The zero-order chi connectivity index (χ0) is 48.8. The molecule has 0 fully saturated rings. The molecule has 3 aromatic heterocycles. The zero-order valence-corrected chi connectivity index (χ0v) is 44.8. The van der Waals surface area contributed by atoms with E-state index in [0.29, 0.717) is 11.4 Å². The smallest absolute Gasteiger partial charge is 0.148 e. The second-order valence-corrected chi connectivity index (χ2v) is 22.9. The summed E-state index contributed by atoms with van der Waals surface area (Å²) in [4.78, 5) is 10.9. The molecule has 7 aromatic carbocycles. The van der Waals surface area contributed by atoms with Crippen LogP contribution in [0.4, 0.5) is 0 Å². The maximum Gasteiger partial charge on any atom is 0.148 e. The van der Waals surface area contributed by atoms with Gasteiger partial charge in [0.2, 0.25) is 0 Å². The molecule has 0 saturated heterocycles. The first-order valence-electron chi connectivity index (χ1n) is 24.3. The van der Waals surface area contributed by atoms with Gasteiger partial charge in [-0.2, -0.15) is 0 Å². The second kappa shape index (κ2) is 17.7. The number of nitrogens with zero attached hydrogens (tertiary/aromatic N) is 4. The molecule has 0 atom stereocenters. The number of hydrogen-bond donors (Lipinski definition) is 1. The van der Waals surface area contributed by atoms with Crippen molar-refractivity contribution in [2.75, 3.05) is 0 Å². The maximum atomic E-state index is 12.6. The normalized spacial score (nSPS) is 12.5. The number of phenolic OH excluding ortho intramolecular Hbond substituents is 1. The fourth-order valence-corrected chi connectivity index (χ4v) is 9.75. The molecule has 0 amide bonds. The van der Waals surface area contributed by atoms with E-state index in [2.05, 4.69) is 250 Å². The first-order chi connectivity index (χ1) is 32.7. The number of benzene rings is 7. The van der Waals surface area contributed by atoms with Gasteiger partial charge >= 0.3 is 0 Å². The van der Waals surface area contributed by atoms with Crippen molar-refractivity contribution in [1.29, 1.82) is 0 Å². The van der Waals surface area contributed by atoms with Gasteiger partial charge in [-0.15, -0.1) is 29.3 Å². The molecule has 0 radical (unpaired) electrons. The Kier molecular flexibility index (Phi) is 12.3. The van der Waals surface area contributed by atoms with Gasteiger partial charge in [0.15, 0.2) is 0 Å². The summed E-state index contributed by atoms with van der Waals surface area (Å²) in [5, 5.41) is 14.9. The van der Waals surface area contributed by atoms with Gasteiger partial charge in [0.25, 0.3) is 0 Å². The number of aromatic nitrogens is 4. The predicted molar refractivity (Wildman–Crippen MR) is 290 cm³/mol. The third-order valence-corrected chi connectivity index (χ3v) is 13.8.